The molecule has 9 nitrogen and oxygen atoms in total. The van der Waals surface area contributed by atoms with Gasteiger partial charge in [0.1, 0.15) is 0 Å². The fourth-order valence-corrected chi connectivity index (χ4v) is 3.91. The van der Waals surface area contributed by atoms with Crippen LogP contribution in [0.4, 0.5) is 5.69 Å². The number of hydrogen-bond acceptors (Lipinski definition) is 5. The fourth-order valence-electron chi connectivity index (χ4n) is 2.70. The van der Waals surface area contributed by atoms with Gasteiger partial charge in [-0.15, -0.1) is 0 Å². The van der Waals surface area contributed by atoms with E-state index in [9.17, 15) is 22.8 Å². The number of benzene rings is 1. The van der Waals surface area contributed by atoms with Gasteiger partial charge < -0.3 is 15.6 Å². The fraction of sp³-hybridized carbons (Fsp3) is 0.316. The number of hydrogen-bond donors (Lipinski definition) is 4. The van der Waals surface area contributed by atoms with Crippen molar-refractivity contribution in [2.75, 3.05) is 5.32 Å². The molecule has 156 valence electrons. The maximum Gasteiger partial charge on any atom is 0.253 e. The smallest absolute Gasteiger partial charge is 0.253 e. The molecule has 0 saturated carbocycles. The second kappa shape index (κ2) is 9.01. The van der Waals surface area contributed by atoms with Crippen LogP contribution in [0.15, 0.2) is 40.0 Å². The van der Waals surface area contributed by atoms with Crippen LogP contribution in [0.3, 0.4) is 0 Å². The van der Waals surface area contributed by atoms with E-state index in [-0.39, 0.29) is 22.9 Å². The lowest BCUT2D eigenvalue weighted by Gasteiger charge is -2.15. The first kappa shape index (κ1) is 22.3. The summed E-state index contributed by atoms with van der Waals surface area (Å²) >= 11 is 0. The maximum absolute atomic E-state index is 12.5. The Labute approximate surface area is 169 Å². The quantitative estimate of drug-likeness (QED) is 0.528. The Bertz CT molecular complexity index is 1070. The number of rotatable bonds is 7. The Morgan fingerprint density at radius 2 is 1.76 bits per heavy atom. The Hall–Kier alpha value is -2.98. The van der Waals surface area contributed by atoms with Crippen molar-refractivity contribution >= 4 is 27.5 Å². The van der Waals surface area contributed by atoms with Gasteiger partial charge in [-0.05, 0) is 56.7 Å². The summed E-state index contributed by atoms with van der Waals surface area (Å²) in [5.74, 6) is -0.838. The summed E-state index contributed by atoms with van der Waals surface area (Å²) in [7, 11) is -3.95. The van der Waals surface area contributed by atoms with Gasteiger partial charge in [-0.25, -0.2) is 8.42 Å². The van der Waals surface area contributed by atoms with Gasteiger partial charge in [0.2, 0.25) is 21.8 Å². The molecule has 1 aromatic carbocycles. The minimum absolute atomic E-state index is 0.0161. The number of H-pyrrole nitrogens is 1. The van der Waals surface area contributed by atoms with Crippen LogP contribution in [-0.4, -0.2) is 31.3 Å². The van der Waals surface area contributed by atoms with E-state index >= 15 is 0 Å². The van der Waals surface area contributed by atoms with Gasteiger partial charge in [-0.1, -0.05) is 0 Å². The third-order valence-corrected chi connectivity index (χ3v) is 5.70. The average molecular weight is 420 g/mol. The van der Waals surface area contributed by atoms with Crippen LogP contribution in [0.2, 0.25) is 0 Å². The molecule has 0 unspecified atom stereocenters. The van der Waals surface area contributed by atoms with E-state index in [2.05, 4.69) is 20.3 Å². The predicted octanol–water partition coefficient (Wildman–Crippen LogP) is 0.933. The van der Waals surface area contributed by atoms with Gasteiger partial charge in [-0.2, -0.15) is 4.72 Å². The zero-order chi connectivity index (χ0) is 21.8. The van der Waals surface area contributed by atoms with Crippen LogP contribution >= 0.6 is 0 Å². The summed E-state index contributed by atoms with van der Waals surface area (Å²) in [6.07, 6.45) is 0. The zero-order valence-corrected chi connectivity index (χ0v) is 17.4. The topological polar surface area (TPSA) is 137 Å². The van der Waals surface area contributed by atoms with Crippen LogP contribution in [0.25, 0.3) is 0 Å². The Balaban J connectivity index is 2.03. The Morgan fingerprint density at radius 1 is 1.14 bits per heavy atom. The number of aryl methyl sites for hydroxylation is 2. The molecule has 1 atom stereocenters. The Kier molecular flexibility index (Phi) is 6.93. The molecule has 4 N–H and O–H groups in total. The summed E-state index contributed by atoms with van der Waals surface area (Å²) in [5, 5.41) is 5.11. The van der Waals surface area contributed by atoms with Crippen LogP contribution in [-0.2, 0) is 26.2 Å². The SMILES string of the molecule is CC(=O)Nc1ccc(S(=O)(=O)N[C@@H](C)C(=O)NCc2c(C)cc(C)[nH]c2=O)cc1. The highest BCUT2D eigenvalue weighted by Gasteiger charge is 2.22. The molecule has 10 heteroatoms. The molecule has 0 fully saturated rings. The zero-order valence-electron chi connectivity index (χ0n) is 16.6. The number of anilines is 1. The highest BCUT2D eigenvalue weighted by Crippen LogP contribution is 2.14. The first-order chi connectivity index (χ1) is 13.5. The average Bonchev–Trinajstić information content (AvgIpc) is 2.60. The molecule has 0 spiro atoms. The highest BCUT2D eigenvalue weighted by molar-refractivity contribution is 7.89. The third kappa shape index (κ3) is 6.00. The van der Waals surface area contributed by atoms with Crippen molar-refractivity contribution in [1.82, 2.24) is 15.0 Å². The number of carbonyl (C=O) groups excluding carboxylic acids is 2. The lowest BCUT2D eigenvalue weighted by atomic mass is 10.1. The lowest BCUT2D eigenvalue weighted by Crippen LogP contribution is -2.45. The van der Waals surface area contributed by atoms with Gasteiger partial charge in [0.15, 0.2) is 0 Å². The van der Waals surface area contributed by atoms with E-state index in [1.807, 2.05) is 0 Å². The van der Waals surface area contributed by atoms with Gasteiger partial charge in [-0.3, -0.25) is 14.4 Å². The number of pyridine rings is 1. The molecule has 2 amide bonds. The maximum atomic E-state index is 12.5. The second-order valence-corrected chi connectivity index (χ2v) is 8.42. The number of nitrogens with one attached hydrogen (secondary N) is 4. The largest absolute Gasteiger partial charge is 0.350 e. The minimum atomic E-state index is -3.95. The molecular weight excluding hydrogens is 396 g/mol. The summed E-state index contributed by atoms with van der Waals surface area (Å²) in [6.45, 7) is 6.26. The van der Waals surface area contributed by atoms with Crippen molar-refractivity contribution in [2.24, 2.45) is 0 Å². The van der Waals surface area contributed by atoms with E-state index < -0.39 is 22.0 Å². The molecule has 2 aromatic rings. The monoisotopic (exact) mass is 420 g/mol. The van der Waals surface area contributed by atoms with Crippen molar-refractivity contribution in [3.63, 3.8) is 0 Å². The number of sulfonamides is 1. The summed E-state index contributed by atoms with van der Waals surface area (Å²) in [5.41, 5.74) is 2.02. The summed E-state index contributed by atoms with van der Waals surface area (Å²) in [6, 6.07) is 6.29. The number of amides is 2. The van der Waals surface area contributed by atoms with Crippen LogP contribution < -0.4 is 20.9 Å². The second-order valence-electron chi connectivity index (χ2n) is 6.71. The van der Waals surface area contributed by atoms with Crippen molar-refractivity contribution in [2.45, 2.75) is 45.2 Å². The van der Waals surface area contributed by atoms with Crippen molar-refractivity contribution in [3.8, 4) is 0 Å². The minimum Gasteiger partial charge on any atom is -0.350 e. The molecule has 0 bridgehead atoms. The van der Waals surface area contributed by atoms with Crippen LogP contribution in [0, 0.1) is 13.8 Å². The van der Waals surface area contributed by atoms with E-state index in [0.717, 1.165) is 5.56 Å². The van der Waals surface area contributed by atoms with Crippen LogP contribution in [0.5, 0.6) is 0 Å². The highest BCUT2D eigenvalue weighted by atomic mass is 32.2. The molecular formula is C19H24N4O5S. The normalized spacial score (nSPS) is 12.3. The molecule has 1 aromatic heterocycles. The molecule has 1 heterocycles. The summed E-state index contributed by atoms with van der Waals surface area (Å²) in [4.78, 5) is 37.9. The summed E-state index contributed by atoms with van der Waals surface area (Å²) < 4.78 is 27.2. The van der Waals surface area contributed by atoms with E-state index in [4.69, 9.17) is 0 Å². The standard InChI is InChI=1S/C19H24N4O5S/c1-11-9-12(2)21-19(26)17(11)10-20-18(25)13(3)23-29(27,28)16-7-5-15(6-8-16)22-14(4)24/h5-9,13,23H,10H2,1-4H3,(H,20,25)(H,21,26)(H,22,24)/t13-/m0/s1. The molecule has 2 rings (SSSR count). The van der Waals surface area contributed by atoms with Gasteiger partial charge in [0, 0.05) is 30.4 Å². The van der Waals surface area contributed by atoms with Crippen molar-refractivity contribution in [1.29, 1.82) is 0 Å². The predicted molar refractivity (Wildman–Crippen MR) is 109 cm³/mol. The van der Waals surface area contributed by atoms with Gasteiger partial charge >= 0.3 is 0 Å². The molecule has 0 aliphatic carbocycles. The first-order valence-electron chi connectivity index (χ1n) is 8.86. The van der Waals surface area contributed by atoms with E-state index in [0.29, 0.717) is 16.9 Å². The van der Waals surface area contributed by atoms with Gasteiger partial charge in [0.05, 0.1) is 10.9 Å². The van der Waals surface area contributed by atoms with Crippen molar-refractivity contribution in [3.05, 3.63) is 57.5 Å². The molecule has 0 radical (unpaired) electrons. The molecule has 29 heavy (non-hydrogen) atoms. The van der Waals surface area contributed by atoms with Crippen molar-refractivity contribution < 1.29 is 18.0 Å². The number of aromatic nitrogens is 1. The Morgan fingerprint density at radius 3 is 2.31 bits per heavy atom. The first-order valence-corrected chi connectivity index (χ1v) is 10.3. The van der Waals surface area contributed by atoms with E-state index in [1.54, 1.807) is 19.9 Å². The third-order valence-electron chi connectivity index (χ3n) is 4.14. The van der Waals surface area contributed by atoms with Gasteiger partial charge in [0.25, 0.3) is 5.56 Å². The van der Waals surface area contributed by atoms with E-state index in [1.165, 1.54) is 38.1 Å². The number of aromatic amines is 1. The molecule has 0 aliphatic rings. The lowest BCUT2D eigenvalue weighted by molar-refractivity contribution is -0.122. The van der Waals surface area contributed by atoms with Crippen LogP contribution in [0.1, 0.15) is 30.7 Å². The molecule has 0 aliphatic heterocycles. The molecule has 0 saturated heterocycles. The number of carbonyl (C=O) groups is 2.